The number of rotatable bonds is 5. The third kappa shape index (κ3) is 5.07. The predicted molar refractivity (Wildman–Crippen MR) is 136 cm³/mol. The lowest BCUT2D eigenvalue weighted by Crippen LogP contribution is -2.40. The summed E-state index contributed by atoms with van der Waals surface area (Å²) in [5, 5.41) is 10.1. The monoisotopic (exact) mass is 533 g/mol. The van der Waals surface area contributed by atoms with Crippen molar-refractivity contribution in [2.75, 3.05) is 19.1 Å². The van der Waals surface area contributed by atoms with Gasteiger partial charge in [0.05, 0.1) is 42.9 Å². The summed E-state index contributed by atoms with van der Waals surface area (Å²) < 4.78 is 49.6. The summed E-state index contributed by atoms with van der Waals surface area (Å²) in [6.07, 6.45) is -4.50. The van der Waals surface area contributed by atoms with Gasteiger partial charge in [-0.25, -0.2) is 9.59 Å². The van der Waals surface area contributed by atoms with Gasteiger partial charge >= 0.3 is 18.1 Å². The van der Waals surface area contributed by atoms with Crippen molar-refractivity contribution >= 4 is 17.6 Å². The minimum Gasteiger partial charge on any atom is -0.466 e. The minimum absolute atomic E-state index is 0.00351. The van der Waals surface area contributed by atoms with Crippen LogP contribution < -0.4 is 10.6 Å². The van der Waals surface area contributed by atoms with Gasteiger partial charge in [-0.05, 0) is 41.0 Å². The van der Waals surface area contributed by atoms with E-state index in [0.717, 1.165) is 26.4 Å². The maximum atomic E-state index is 13.2. The van der Waals surface area contributed by atoms with E-state index < -0.39 is 29.6 Å². The first-order valence-electron chi connectivity index (χ1n) is 11.6. The van der Waals surface area contributed by atoms with Gasteiger partial charge < -0.3 is 15.2 Å². The highest BCUT2D eigenvalue weighted by molar-refractivity contribution is 6.06. The van der Waals surface area contributed by atoms with Crippen LogP contribution in [0.5, 0.6) is 0 Å². The largest absolute Gasteiger partial charge is 0.466 e. The zero-order valence-corrected chi connectivity index (χ0v) is 20.8. The number of esters is 2. The number of alkyl halides is 3. The lowest BCUT2D eigenvalue weighted by atomic mass is 9.81. The molecule has 3 aromatic carbocycles. The quantitative estimate of drug-likeness (QED) is 0.446. The van der Waals surface area contributed by atoms with Crippen LogP contribution in [-0.2, 0) is 25.2 Å². The number of carbonyl (C=O) groups is 2. The van der Waals surface area contributed by atoms with Crippen molar-refractivity contribution in [2.24, 2.45) is 5.73 Å². The number of nitrogens with two attached hydrogens (primary N) is 1. The van der Waals surface area contributed by atoms with Gasteiger partial charge in [-0.15, -0.1) is 0 Å². The van der Waals surface area contributed by atoms with Gasteiger partial charge in [0.1, 0.15) is 11.5 Å². The van der Waals surface area contributed by atoms with Crippen LogP contribution >= 0.6 is 0 Å². The fourth-order valence-electron chi connectivity index (χ4n) is 4.46. The Bertz CT molecular complexity index is 1520. The van der Waals surface area contributed by atoms with Crippen LogP contribution in [0.4, 0.5) is 18.9 Å². The second kappa shape index (κ2) is 10.8. The van der Waals surface area contributed by atoms with Gasteiger partial charge in [0.25, 0.3) is 0 Å². The predicted octanol–water partition coefficient (Wildman–Crippen LogP) is 5.27. The van der Waals surface area contributed by atoms with E-state index in [9.17, 15) is 28.0 Å². The lowest BCUT2D eigenvalue weighted by Gasteiger charge is -2.36. The topological polar surface area (TPSA) is 106 Å². The van der Waals surface area contributed by atoms with E-state index in [4.69, 9.17) is 15.2 Å². The molecule has 4 rings (SSSR count). The summed E-state index contributed by atoms with van der Waals surface area (Å²) in [6.45, 7) is 0. The molecule has 1 aliphatic heterocycles. The first kappa shape index (κ1) is 27.0. The van der Waals surface area contributed by atoms with Crippen LogP contribution in [0.1, 0.15) is 17.0 Å². The first-order chi connectivity index (χ1) is 18.6. The molecule has 0 bridgehead atoms. The fraction of sp³-hybridized carbons (Fsp3) is 0.138. The Morgan fingerprint density at radius 2 is 1.54 bits per heavy atom. The van der Waals surface area contributed by atoms with Crippen LogP contribution in [0.15, 0.2) is 102 Å². The molecule has 7 nitrogen and oxygen atoms in total. The van der Waals surface area contributed by atoms with Gasteiger partial charge in [0, 0.05) is 5.69 Å². The first-order valence-corrected chi connectivity index (χ1v) is 11.6. The molecule has 2 N–H and O–H groups in total. The van der Waals surface area contributed by atoms with Crippen molar-refractivity contribution in [3.8, 4) is 17.2 Å². The molecule has 0 fully saturated rings. The van der Waals surface area contributed by atoms with Crippen molar-refractivity contribution in [1.82, 2.24) is 0 Å². The highest BCUT2D eigenvalue weighted by Crippen LogP contribution is 2.43. The summed E-state index contributed by atoms with van der Waals surface area (Å²) in [7, 11) is 2.28. The van der Waals surface area contributed by atoms with E-state index in [-0.39, 0.29) is 28.4 Å². The number of allylic oxidation sites excluding steroid dienone is 1. The molecule has 1 unspecified atom stereocenters. The Morgan fingerprint density at radius 3 is 2.10 bits per heavy atom. The molecule has 0 aliphatic carbocycles. The maximum Gasteiger partial charge on any atom is 0.416 e. The Hall–Kier alpha value is -5.04. The number of hydrogen-bond donors (Lipinski definition) is 1. The zero-order valence-electron chi connectivity index (χ0n) is 20.8. The number of benzene rings is 3. The molecule has 0 spiro atoms. The molecule has 198 valence electrons. The number of hydrogen-bond acceptors (Lipinski definition) is 7. The SMILES string of the molecule is COC(=O)C1=C(C(=O)OC)N(c2ccc(-c3cccc(C(F)(F)F)c3)cc2)C(N)=C(C#N)C1c1ccccc1. The third-order valence-corrected chi connectivity index (χ3v) is 6.26. The standard InChI is InChI=1S/C29H22F3N3O4/c1-38-27(36)24-23(18-7-4-3-5-8-18)22(16-33)26(34)35(25(24)28(37)39-2)21-13-11-17(12-14-21)19-9-6-10-20(15-19)29(30,31)32/h3-15,23H,34H2,1-2H3. The van der Waals surface area contributed by atoms with E-state index in [1.54, 1.807) is 42.5 Å². The third-order valence-electron chi connectivity index (χ3n) is 6.26. The molecule has 1 heterocycles. The van der Waals surface area contributed by atoms with Crippen LogP contribution in [0.25, 0.3) is 11.1 Å². The van der Waals surface area contributed by atoms with Crippen molar-refractivity contribution in [1.29, 1.82) is 5.26 Å². The number of anilines is 1. The second-order valence-corrected chi connectivity index (χ2v) is 8.46. The Balaban J connectivity index is 1.90. The van der Waals surface area contributed by atoms with E-state index in [1.807, 2.05) is 0 Å². The fourth-order valence-corrected chi connectivity index (χ4v) is 4.46. The van der Waals surface area contributed by atoms with Gasteiger partial charge in [-0.1, -0.05) is 54.6 Å². The lowest BCUT2D eigenvalue weighted by molar-refractivity contribution is -0.139. The molecule has 0 amide bonds. The molecule has 39 heavy (non-hydrogen) atoms. The Kier molecular flexibility index (Phi) is 7.44. The van der Waals surface area contributed by atoms with Crippen molar-refractivity contribution in [3.63, 3.8) is 0 Å². The number of carbonyl (C=O) groups excluding carboxylic acids is 2. The summed E-state index contributed by atoms with van der Waals surface area (Å²) in [6, 6.07) is 21.6. The minimum atomic E-state index is -4.50. The van der Waals surface area contributed by atoms with E-state index in [0.29, 0.717) is 16.7 Å². The molecule has 3 aromatic rings. The van der Waals surface area contributed by atoms with E-state index in [1.165, 1.54) is 29.2 Å². The molecular weight excluding hydrogens is 511 g/mol. The van der Waals surface area contributed by atoms with E-state index >= 15 is 0 Å². The van der Waals surface area contributed by atoms with Crippen LogP contribution in [0.3, 0.4) is 0 Å². The van der Waals surface area contributed by atoms with Gasteiger partial charge in [0.2, 0.25) is 0 Å². The molecular formula is C29H22F3N3O4. The Labute approximate surface area is 222 Å². The summed E-state index contributed by atoms with van der Waals surface area (Å²) in [5.74, 6) is -2.90. The summed E-state index contributed by atoms with van der Waals surface area (Å²) in [4.78, 5) is 27.4. The zero-order chi connectivity index (χ0) is 28.3. The molecule has 1 aliphatic rings. The second-order valence-electron chi connectivity index (χ2n) is 8.46. The van der Waals surface area contributed by atoms with Crippen LogP contribution in [0.2, 0.25) is 0 Å². The maximum absolute atomic E-state index is 13.2. The molecule has 1 atom stereocenters. The summed E-state index contributed by atoms with van der Waals surface area (Å²) >= 11 is 0. The summed E-state index contributed by atoms with van der Waals surface area (Å²) in [5.41, 5.74) is 6.84. The van der Waals surface area contributed by atoms with Crippen molar-refractivity contribution in [3.05, 3.63) is 113 Å². The van der Waals surface area contributed by atoms with E-state index in [2.05, 4.69) is 6.07 Å². The van der Waals surface area contributed by atoms with Crippen LogP contribution in [0, 0.1) is 11.3 Å². The number of methoxy groups -OCH3 is 2. The number of nitriles is 1. The van der Waals surface area contributed by atoms with Gasteiger partial charge in [0.15, 0.2) is 0 Å². The molecule has 0 saturated heterocycles. The molecule has 0 saturated carbocycles. The van der Waals surface area contributed by atoms with Crippen molar-refractivity contribution < 1.29 is 32.2 Å². The highest BCUT2D eigenvalue weighted by atomic mass is 19.4. The van der Waals surface area contributed by atoms with Crippen molar-refractivity contribution in [2.45, 2.75) is 12.1 Å². The normalized spacial score (nSPS) is 15.6. The van der Waals surface area contributed by atoms with Gasteiger partial charge in [-0.2, -0.15) is 18.4 Å². The molecule has 0 aromatic heterocycles. The van der Waals surface area contributed by atoms with Crippen LogP contribution in [-0.4, -0.2) is 26.2 Å². The Morgan fingerprint density at radius 1 is 0.897 bits per heavy atom. The number of ether oxygens (including phenoxy) is 2. The highest BCUT2D eigenvalue weighted by Gasteiger charge is 2.43. The van der Waals surface area contributed by atoms with Gasteiger partial charge in [-0.3, -0.25) is 4.90 Å². The number of halogens is 3. The average molecular weight is 534 g/mol. The molecule has 0 radical (unpaired) electrons. The smallest absolute Gasteiger partial charge is 0.416 e. The average Bonchev–Trinajstić information content (AvgIpc) is 2.95. The molecule has 10 heteroatoms. The number of nitrogens with zero attached hydrogens (tertiary/aromatic N) is 2.